The standard InChI is InChI=1S/C40H23N3S/c1-2-9-24(10-3-1)25-11-8-12-26(19-25)27-17-18-35-31(20-27)33-22-28(21-32-29-13-4-6-15-34(29)43(35)39(32)33)40-41-23-37-38(42-40)30-14-5-7-16-36(30)44-37/h1-23H. The average Bonchev–Trinajstić information content (AvgIpc) is 3.74. The lowest BCUT2D eigenvalue weighted by Gasteiger charge is -2.07. The number of hydrogen-bond donors (Lipinski definition) is 0. The summed E-state index contributed by atoms with van der Waals surface area (Å²) in [5.41, 5.74) is 10.6. The van der Waals surface area contributed by atoms with Gasteiger partial charge in [0.15, 0.2) is 5.82 Å². The van der Waals surface area contributed by atoms with Gasteiger partial charge in [0, 0.05) is 43.4 Å². The third-order valence-electron chi connectivity index (χ3n) is 8.97. The quantitative estimate of drug-likeness (QED) is 0.209. The average molecular weight is 578 g/mol. The minimum Gasteiger partial charge on any atom is -0.308 e. The smallest absolute Gasteiger partial charge is 0.159 e. The SMILES string of the molecule is c1ccc(-c2cccc(-c3ccc4c(c3)c3cc(-c5ncc6sc7ccccc7c6n5)cc5c6ccccc6n4c53)c2)cc1. The van der Waals surface area contributed by atoms with Crippen LogP contribution in [0.25, 0.3) is 92.0 Å². The van der Waals surface area contributed by atoms with Crippen LogP contribution in [-0.2, 0) is 0 Å². The van der Waals surface area contributed by atoms with E-state index in [9.17, 15) is 0 Å². The van der Waals surface area contributed by atoms with Crippen LogP contribution in [0, 0.1) is 0 Å². The van der Waals surface area contributed by atoms with Crippen molar-refractivity contribution < 1.29 is 0 Å². The number of fused-ring (bicyclic) bond motifs is 9. The fourth-order valence-electron chi connectivity index (χ4n) is 6.96. The molecule has 0 unspecified atom stereocenters. The van der Waals surface area contributed by atoms with E-state index in [0.717, 1.165) is 21.6 Å². The Bertz CT molecular complexity index is 2720. The number of thiophene rings is 1. The van der Waals surface area contributed by atoms with Crippen LogP contribution in [0.4, 0.5) is 0 Å². The molecule has 6 aromatic carbocycles. The molecule has 44 heavy (non-hydrogen) atoms. The fraction of sp³-hybridized carbons (Fsp3) is 0. The topological polar surface area (TPSA) is 30.2 Å². The van der Waals surface area contributed by atoms with Gasteiger partial charge in [0.25, 0.3) is 0 Å². The molecule has 0 amide bonds. The monoisotopic (exact) mass is 577 g/mol. The van der Waals surface area contributed by atoms with Crippen molar-refractivity contribution in [3.05, 3.63) is 140 Å². The van der Waals surface area contributed by atoms with Crippen LogP contribution in [-0.4, -0.2) is 14.4 Å². The molecule has 0 aliphatic carbocycles. The van der Waals surface area contributed by atoms with E-state index in [2.05, 4.69) is 138 Å². The second-order valence-electron chi connectivity index (χ2n) is 11.5. The third-order valence-corrected chi connectivity index (χ3v) is 10.1. The largest absolute Gasteiger partial charge is 0.308 e. The second kappa shape index (κ2) is 8.96. The highest BCUT2D eigenvalue weighted by Crippen LogP contribution is 2.43. The first-order valence-corrected chi connectivity index (χ1v) is 15.6. The molecule has 0 saturated carbocycles. The second-order valence-corrected chi connectivity index (χ2v) is 12.5. The van der Waals surface area contributed by atoms with E-state index in [-0.39, 0.29) is 0 Å². The van der Waals surface area contributed by atoms with Gasteiger partial charge in [0.05, 0.1) is 26.8 Å². The molecule has 0 bridgehead atoms. The van der Waals surface area contributed by atoms with Crippen LogP contribution in [0.15, 0.2) is 140 Å². The summed E-state index contributed by atoms with van der Waals surface area (Å²) < 4.78 is 4.79. The first kappa shape index (κ1) is 23.9. The number of para-hydroxylation sites is 1. The highest BCUT2D eigenvalue weighted by atomic mass is 32.1. The number of nitrogens with zero attached hydrogens (tertiary/aromatic N) is 3. The van der Waals surface area contributed by atoms with Gasteiger partial charge in [-0.1, -0.05) is 91.0 Å². The maximum atomic E-state index is 5.15. The van der Waals surface area contributed by atoms with E-state index in [0.29, 0.717) is 0 Å². The van der Waals surface area contributed by atoms with Crippen molar-refractivity contribution in [3.8, 4) is 33.6 Å². The van der Waals surface area contributed by atoms with Crippen LogP contribution in [0.2, 0.25) is 0 Å². The highest BCUT2D eigenvalue weighted by molar-refractivity contribution is 7.25. The maximum absolute atomic E-state index is 5.15. The van der Waals surface area contributed by atoms with Gasteiger partial charge in [0.1, 0.15) is 0 Å². The Labute approximate surface area is 256 Å². The summed E-state index contributed by atoms with van der Waals surface area (Å²) in [5, 5.41) is 6.13. The zero-order valence-corrected chi connectivity index (χ0v) is 24.3. The molecule has 4 aromatic heterocycles. The van der Waals surface area contributed by atoms with E-state index < -0.39 is 0 Å². The Hall–Kier alpha value is -5.58. The minimum atomic E-state index is 0.760. The lowest BCUT2D eigenvalue weighted by Crippen LogP contribution is -1.88. The van der Waals surface area contributed by atoms with E-state index in [1.165, 1.54) is 70.4 Å². The number of rotatable bonds is 3. The predicted octanol–water partition coefficient (Wildman–Crippen LogP) is 11.0. The Morgan fingerprint density at radius 3 is 2.00 bits per heavy atom. The summed E-state index contributed by atoms with van der Waals surface area (Å²) in [6.07, 6.45) is 1.99. The van der Waals surface area contributed by atoms with Gasteiger partial charge in [-0.15, -0.1) is 11.3 Å². The van der Waals surface area contributed by atoms with Gasteiger partial charge >= 0.3 is 0 Å². The van der Waals surface area contributed by atoms with Crippen molar-refractivity contribution in [2.24, 2.45) is 0 Å². The lowest BCUT2D eigenvalue weighted by atomic mass is 9.97. The van der Waals surface area contributed by atoms with Gasteiger partial charge in [-0.05, 0) is 64.7 Å². The number of aromatic nitrogens is 3. The normalized spacial score (nSPS) is 12.1. The van der Waals surface area contributed by atoms with Crippen molar-refractivity contribution in [1.29, 1.82) is 0 Å². The van der Waals surface area contributed by atoms with Gasteiger partial charge in [-0.2, -0.15) is 0 Å². The molecule has 0 N–H and O–H groups in total. The molecule has 0 radical (unpaired) electrons. The van der Waals surface area contributed by atoms with Crippen LogP contribution < -0.4 is 0 Å². The molecular weight excluding hydrogens is 555 g/mol. The molecule has 204 valence electrons. The van der Waals surface area contributed by atoms with Gasteiger partial charge in [-0.3, -0.25) is 0 Å². The van der Waals surface area contributed by atoms with Gasteiger partial charge in [-0.25, -0.2) is 9.97 Å². The van der Waals surface area contributed by atoms with Crippen molar-refractivity contribution in [3.63, 3.8) is 0 Å². The van der Waals surface area contributed by atoms with Crippen molar-refractivity contribution in [2.45, 2.75) is 0 Å². The van der Waals surface area contributed by atoms with Crippen LogP contribution in [0.5, 0.6) is 0 Å². The van der Waals surface area contributed by atoms with E-state index >= 15 is 0 Å². The fourth-order valence-corrected chi connectivity index (χ4v) is 7.98. The van der Waals surface area contributed by atoms with Gasteiger partial charge in [0.2, 0.25) is 0 Å². The molecular formula is C40H23N3S. The minimum absolute atomic E-state index is 0.760. The first-order chi connectivity index (χ1) is 21.8. The summed E-state index contributed by atoms with van der Waals surface area (Å²) in [6.45, 7) is 0. The number of benzene rings is 6. The molecule has 3 nitrogen and oxygen atoms in total. The summed E-state index contributed by atoms with van der Waals surface area (Å²) >= 11 is 1.75. The maximum Gasteiger partial charge on any atom is 0.159 e. The first-order valence-electron chi connectivity index (χ1n) is 14.8. The molecule has 10 rings (SSSR count). The highest BCUT2D eigenvalue weighted by Gasteiger charge is 2.20. The molecule has 0 atom stereocenters. The Morgan fingerprint density at radius 1 is 0.455 bits per heavy atom. The Morgan fingerprint density at radius 2 is 1.11 bits per heavy atom. The Kier molecular flexibility index (Phi) is 4.87. The van der Waals surface area contributed by atoms with Gasteiger partial charge < -0.3 is 4.40 Å². The molecule has 4 heterocycles. The zero-order valence-electron chi connectivity index (χ0n) is 23.5. The summed E-state index contributed by atoms with van der Waals surface area (Å²) in [4.78, 5) is 10.0. The third kappa shape index (κ3) is 3.37. The molecule has 10 aromatic rings. The summed E-state index contributed by atoms with van der Waals surface area (Å²) in [5.74, 6) is 0.760. The Balaban J connectivity index is 1.24. The van der Waals surface area contributed by atoms with Crippen molar-refractivity contribution >= 4 is 69.7 Å². The molecule has 0 fully saturated rings. The van der Waals surface area contributed by atoms with E-state index in [4.69, 9.17) is 9.97 Å². The molecule has 0 spiro atoms. The molecule has 0 saturated heterocycles. The lowest BCUT2D eigenvalue weighted by molar-refractivity contribution is 1.24. The van der Waals surface area contributed by atoms with Crippen LogP contribution >= 0.6 is 11.3 Å². The molecule has 4 heteroatoms. The van der Waals surface area contributed by atoms with Crippen molar-refractivity contribution in [1.82, 2.24) is 14.4 Å². The molecule has 0 aliphatic rings. The van der Waals surface area contributed by atoms with E-state index in [1.54, 1.807) is 11.3 Å². The summed E-state index contributed by atoms with van der Waals surface area (Å²) in [6, 6.07) is 48.1. The predicted molar refractivity (Wildman–Crippen MR) is 186 cm³/mol. The van der Waals surface area contributed by atoms with Crippen molar-refractivity contribution in [2.75, 3.05) is 0 Å². The van der Waals surface area contributed by atoms with E-state index in [1.807, 2.05) is 6.20 Å². The zero-order chi connectivity index (χ0) is 28.8. The summed E-state index contributed by atoms with van der Waals surface area (Å²) in [7, 11) is 0. The van der Waals surface area contributed by atoms with Crippen LogP contribution in [0.1, 0.15) is 0 Å². The number of hydrogen-bond acceptors (Lipinski definition) is 3. The molecule has 0 aliphatic heterocycles. The van der Waals surface area contributed by atoms with Crippen LogP contribution in [0.3, 0.4) is 0 Å².